The van der Waals surface area contributed by atoms with Crippen LogP contribution in [-0.2, 0) is 12.8 Å². The molecule has 0 spiro atoms. The van der Waals surface area contributed by atoms with Crippen molar-refractivity contribution in [3.8, 4) is 0 Å². The van der Waals surface area contributed by atoms with Crippen molar-refractivity contribution in [2.75, 3.05) is 0 Å². The molecule has 0 bridgehead atoms. The van der Waals surface area contributed by atoms with Crippen LogP contribution in [0.4, 0.5) is 0 Å². The van der Waals surface area contributed by atoms with E-state index in [0.717, 1.165) is 17.9 Å². The number of nitrogens with two attached hydrogens (primary N) is 1. The molecule has 0 aromatic heterocycles. The number of hydrogen-bond acceptors (Lipinski definition) is 1. The molecule has 1 heteroatoms. The molecule has 0 radical (unpaired) electrons. The highest BCUT2D eigenvalue weighted by atomic mass is 14.6. The minimum absolute atomic E-state index is 0.0678. The van der Waals surface area contributed by atoms with Crippen molar-refractivity contribution >= 4 is 0 Å². The summed E-state index contributed by atoms with van der Waals surface area (Å²) in [7, 11) is 0. The van der Waals surface area contributed by atoms with E-state index in [4.69, 9.17) is 5.73 Å². The molecule has 1 nitrogen and oxygen atoms in total. The highest BCUT2D eigenvalue weighted by molar-refractivity contribution is 5.24. The number of benzene rings is 1. The molecule has 0 fully saturated rings. The minimum Gasteiger partial charge on any atom is -0.324 e. The third kappa shape index (κ3) is 6.97. The monoisotopic (exact) mass is 257 g/mol. The maximum absolute atomic E-state index is 6.06. The first-order chi connectivity index (χ1) is 8.97. The van der Waals surface area contributed by atoms with Gasteiger partial charge in [0.05, 0.1) is 0 Å². The van der Waals surface area contributed by atoms with Gasteiger partial charge in [-0.2, -0.15) is 0 Å². The largest absolute Gasteiger partial charge is 0.324 e. The standard InChI is InChI=1S/C18H27N/c1-14(2)5-7-16-8-10-17(11-9-16)13-18(19)12-6-15(3)4/h6,8-12,14,18H,3,5,7,13,19H2,1-2,4H3/b12-6-. The van der Waals surface area contributed by atoms with Crippen LogP contribution >= 0.6 is 0 Å². The summed E-state index contributed by atoms with van der Waals surface area (Å²) in [6.45, 7) is 10.3. The fourth-order valence-corrected chi connectivity index (χ4v) is 1.93. The van der Waals surface area contributed by atoms with Crippen molar-refractivity contribution in [3.05, 3.63) is 59.7 Å². The lowest BCUT2D eigenvalue weighted by molar-refractivity contribution is 0.586. The van der Waals surface area contributed by atoms with Crippen molar-refractivity contribution in [1.29, 1.82) is 0 Å². The van der Waals surface area contributed by atoms with E-state index in [9.17, 15) is 0 Å². The molecule has 0 heterocycles. The first-order valence-electron chi connectivity index (χ1n) is 7.14. The molecule has 0 aliphatic heterocycles. The predicted molar refractivity (Wildman–Crippen MR) is 85.2 cm³/mol. The molecular weight excluding hydrogens is 230 g/mol. The molecule has 1 unspecified atom stereocenters. The molecule has 0 saturated carbocycles. The number of rotatable bonds is 7. The summed E-state index contributed by atoms with van der Waals surface area (Å²) < 4.78 is 0. The van der Waals surface area contributed by atoms with Gasteiger partial charge in [-0.15, -0.1) is 0 Å². The summed E-state index contributed by atoms with van der Waals surface area (Å²) in [4.78, 5) is 0. The third-order valence-electron chi connectivity index (χ3n) is 3.13. The maximum Gasteiger partial charge on any atom is 0.0267 e. The highest BCUT2D eigenvalue weighted by Crippen LogP contribution is 2.11. The Hall–Kier alpha value is -1.34. The molecule has 19 heavy (non-hydrogen) atoms. The molecule has 1 aromatic carbocycles. The molecular formula is C18H27N. The first-order valence-corrected chi connectivity index (χ1v) is 7.14. The summed E-state index contributed by atoms with van der Waals surface area (Å²) in [6.07, 6.45) is 7.31. The SMILES string of the molecule is C=C(C)/C=C\C(N)Cc1ccc(CCC(C)C)cc1. The molecule has 0 saturated heterocycles. The van der Waals surface area contributed by atoms with E-state index < -0.39 is 0 Å². The van der Waals surface area contributed by atoms with Crippen LogP contribution in [-0.4, -0.2) is 6.04 Å². The predicted octanol–water partition coefficient (Wildman–Crippen LogP) is 4.28. The lowest BCUT2D eigenvalue weighted by Crippen LogP contribution is -2.19. The molecule has 0 aliphatic rings. The molecule has 0 amide bonds. The summed E-state index contributed by atoms with van der Waals surface area (Å²) in [6, 6.07) is 8.92. The van der Waals surface area contributed by atoms with Gasteiger partial charge in [0.15, 0.2) is 0 Å². The maximum atomic E-state index is 6.06. The van der Waals surface area contributed by atoms with E-state index in [0.29, 0.717) is 0 Å². The van der Waals surface area contributed by atoms with Gasteiger partial charge >= 0.3 is 0 Å². The van der Waals surface area contributed by atoms with Gasteiger partial charge in [0, 0.05) is 6.04 Å². The van der Waals surface area contributed by atoms with Gasteiger partial charge in [0.1, 0.15) is 0 Å². The van der Waals surface area contributed by atoms with Gasteiger partial charge < -0.3 is 5.73 Å². The van der Waals surface area contributed by atoms with Gasteiger partial charge in [-0.1, -0.05) is 62.4 Å². The molecule has 2 N–H and O–H groups in total. The Labute approximate surface area is 118 Å². The van der Waals surface area contributed by atoms with Crippen LogP contribution in [0, 0.1) is 5.92 Å². The van der Waals surface area contributed by atoms with E-state index in [-0.39, 0.29) is 6.04 Å². The number of allylic oxidation sites excluding steroid dienone is 2. The van der Waals surface area contributed by atoms with Crippen LogP contribution in [0.15, 0.2) is 48.6 Å². The van der Waals surface area contributed by atoms with Crippen LogP contribution in [0.25, 0.3) is 0 Å². The average Bonchev–Trinajstić information content (AvgIpc) is 2.35. The van der Waals surface area contributed by atoms with Crippen LogP contribution in [0.2, 0.25) is 0 Å². The Morgan fingerprint density at radius 1 is 1.21 bits per heavy atom. The van der Waals surface area contributed by atoms with E-state index in [2.05, 4.69) is 44.7 Å². The summed E-state index contributed by atoms with van der Waals surface area (Å²) in [5.41, 5.74) is 9.82. The van der Waals surface area contributed by atoms with Gasteiger partial charge in [-0.05, 0) is 43.2 Å². The van der Waals surface area contributed by atoms with Crippen LogP contribution in [0.3, 0.4) is 0 Å². The van der Waals surface area contributed by atoms with E-state index >= 15 is 0 Å². The highest BCUT2D eigenvalue weighted by Gasteiger charge is 2.01. The summed E-state index contributed by atoms with van der Waals surface area (Å²) in [5, 5.41) is 0. The van der Waals surface area contributed by atoms with Crippen molar-refractivity contribution in [2.45, 2.75) is 46.1 Å². The number of hydrogen-bond donors (Lipinski definition) is 1. The van der Waals surface area contributed by atoms with Gasteiger partial charge in [0.25, 0.3) is 0 Å². The molecule has 1 atom stereocenters. The van der Waals surface area contributed by atoms with E-state index in [1.807, 2.05) is 19.1 Å². The zero-order chi connectivity index (χ0) is 14.3. The summed E-state index contributed by atoms with van der Waals surface area (Å²) in [5.74, 6) is 0.764. The Morgan fingerprint density at radius 3 is 2.32 bits per heavy atom. The topological polar surface area (TPSA) is 26.0 Å². The van der Waals surface area contributed by atoms with E-state index in [1.54, 1.807) is 0 Å². The Balaban J connectivity index is 2.49. The summed E-state index contributed by atoms with van der Waals surface area (Å²) >= 11 is 0. The van der Waals surface area contributed by atoms with Crippen molar-refractivity contribution in [2.24, 2.45) is 11.7 Å². The Morgan fingerprint density at radius 2 is 1.79 bits per heavy atom. The first kappa shape index (κ1) is 15.7. The van der Waals surface area contributed by atoms with Gasteiger partial charge in [0.2, 0.25) is 0 Å². The average molecular weight is 257 g/mol. The minimum atomic E-state index is 0.0678. The second-order valence-electron chi connectivity index (χ2n) is 5.82. The molecule has 1 aromatic rings. The smallest absolute Gasteiger partial charge is 0.0267 e. The molecule has 104 valence electrons. The Kier molecular flexibility index (Phi) is 6.58. The second-order valence-corrected chi connectivity index (χ2v) is 5.82. The lowest BCUT2D eigenvalue weighted by Gasteiger charge is -2.09. The van der Waals surface area contributed by atoms with Crippen LogP contribution < -0.4 is 5.73 Å². The zero-order valence-corrected chi connectivity index (χ0v) is 12.5. The molecule has 1 rings (SSSR count). The zero-order valence-electron chi connectivity index (χ0n) is 12.5. The van der Waals surface area contributed by atoms with Gasteiger partial charge in [-0.3, -0.25) is 0 Å². The van der Waals surface area contributed by atoms with Crippen molar-refractivity contribution < 1.29 is 0 Å². The second kappa shape index (κ2) is 7.96. The molecule has 0 aliphatic carbocycles. The van der Waals surface area contributed by atoms with Crippen LogP contribution in [0.5, 0.6) is 0 Å². The Bertz CT molecular complexity index is 412. The fourth-order valence-electron chi connectivity index (χ4n) is 1.93. The van der Waals surface area contributed by atoms with Crippen LogP contribution in [0.1, 0.15) is 38.3 Å². The van der Waals surface area contributed by atoms with Crippen molar-refractivity contribution in [3.63, 3.8) is 0 Å². The third-order valence-corrected chi connectivity index (χ3v) is 3.13. The number of aryl methyl sites for hydroxylation is 1. The lowest BCUT2D eigenvalue weighted by atomic mass is 9.99. The van der Waals surface area contributed by atoms with E-state index in [1.165, 1.54) is 24.0 Å². The van der Waals surface area contributed by atoms with Crippen molar-refractivity contribution in [1.82, 2.24) is 0 Å². The van der Waals surface area contributed by atoms with Gasteiger partial charge in [-0.25, -0.2) is 0 Å². The normalized spacial score (nSPS) is 13.1. The fraction of sp³-hybridized carbons (Fsp3) is 0.444. The quantitative estimate of drug-likeness (QED) is 0.725.